The van der Waals surface area contributed by atoms with Gasteiger partial charge in [0, 0.05) is 19.4 Å². The van der Waals surface area contributed by atoms with Gasteiger partial charge in [-0.05, 0) is 24.5 Å². The first-order valence-electron chi connectivity index (χ1n) is 11.1. The van der Waals surface area contributed by atoms with Crippen molar-refractivity contribution in [3.63, 3.8) is 0 Å². The van der Waals surface area contributed by atoms with Crippen LogP contribution >= 0.6 is 0 Å². The van der Waals surface area contributed by atoms with Crippen LogP contribution in [0.2, 0.25) is 0 Å². The molecule has 0 spiro atoms. The summed E-state index contributed by atoms with van der Waals surface area (Å²) in [7, 11) is 2.75. The monoisotopic (exact) mass is 422 g/mol. The number of methoxy groups -OCH3 is 2. The summed E-state index contributed by atoms with van der Waals surface area (Å²) in [5.74, 6) is -0.766. The minimum Gasteiger partial charge on any atom is -0.507 e. The molecule has 1 atom stereocenters. The van der Waals surface area contributed by atoms with E-state index in [0.29, 0.717) is 24.2 Å². The number of carbonyl (C=O) groups is 2. The molecule has 6 nitrogen and oxygen atoms in total. The minimum absolute atomic E-state index is 0.0857. The third-order valence-corrected chi connectivity index (χ3v) is 5.21. The molecule has 30 heavy (non-hydrogen) atoms. The van der Waals surface area contributed by atoms with Crippen LogP contribution in [0.4, 0.5) is 0 Å². The lowest BCUT2D eigenvalue weighted by atomic mass is 9.96. The molecule has 0 aliphatic rings. The Morgan fingerprint density at radius 3 is 2.10 bits per heavy atom. The first-order valence-corrected chi connectivity index (χ1v) is 11.1. The molecule has 1 aromatic carbocycles. The van der Waals surface area contributed by atoms with Crippen molar-refractivity contribution in [1.29, 1.82) is 0 Å². The fourth-order valence-corrected chi connectivity index (χ4v) is 3.64. The van der Waals surface area contributed by atoms with Gasteiger partial charge in [0.2, 0.25) is 0 Å². The molecule has 1 rings (SSSR count). The average molecular weight is 423 g/mol. The molecular weight excluding hydrogens is 384 g/mol. The lowest BCUT2D eigenvalue weighted by Gasteiger charge is -2.19. The Labute approximate surface area is 180 Å². The standard InChI is InChI=1S/C24H38O6/c1-5-6-7-8-9-10-11-12-13-14-20(30-18(2)25)15-19-16-21(28-3)17-22(26)23(19)24(27)29-4/h16-17,20,26H,5-15H2,1-4H3. The van der Waals surface area contributed by atoms with Crippen LogP contribution in [0.1, 0.15) is 94.0 Å². The Morgan fingerprint density at radius 2 is 1.57 bits per heavy atom. The van der Waals surface area contributed by atoms with Gasteiger partial charge in [0.05, 0.1) is 14.2 Å². The van der Waals surface area contributed by atoms with Gasteiger partial charge >= 0.3 is 11.9 Å². The maximum atomic E-state index is 12.2. The molecule has 1 aromatic rings. The Morgan fingerprint density at radius 1 is 0.967 bits per heavy atom. The van der Waals surface area contributed by atoms with E-state index in [2.05, 4.69) is 6.92 Å². The molecule has 1 N–H and O–H groups in total. The SMILES string of the molecule is CCCCCCCCCCCC(Cc1cc(OC)cc(O)c1C(=O)OC)OC(C)=O. The molecule has 0 bridgehead atoms. The molecule has 6 heteroatoms. The number of phenolic OH excluding ortho intramolecular Hbond substituents is 1. The molecular formula is C24H38O6. The number of aromatic hydroxyl groups is 1. The summed E-state index contributed by atoms with van der Waals surface area (Å²) in [6.45, 7) is 3.61. The molecule has 0 aliphatic heterocycles. The third kappa shape index (κ3) is 9.51. The van der Waals surface area contributed by atoms with Crippen molar-refractivity contribution in [1.82, 2.24) is 0 Å². The highest BCUT2D eigenvalue weighted by Gasteiger charge is 2.23. The van der Waals surface area contributed by atoms with Gasteiger partial charge in [-0.1, -0.05) is 58.3 Å². The number of benzene rings is 1. The predicted octanol–water partition coefficient (Wildman–Crippen LogP) is 5.58. The van der Waals surface area contributed by atoms with Gasteiger partial charge in [-0.25, -0.2) is 4.79 Å². The van der Waals surface area contributed by atoms with Gasteiger partial charge < -0.3 is 19.3 Å². The van der Waals surface area contributed by atoms with Crippen molar-refractivity contribution in [2.45, 2.75) is 90.6 Å². The lowest BCUT2D eigenvalue weighted by molar-refractivity contribution is -0.146. The number of carbonyl (C=O) groups excluding carboxylic acids is 2. The van der Waals surface area contributed by atoms with E-state index in [-0.39, 0.29) is 23.4 Å². The summed E-state index contributed by atoms with van der Waals surface area (Å²) in [6.07, 6.45) is 11.6. The van der Waals surface area contributed by atoms with Crippen LogP contribution in [-0.4, -0.2) is 37.4 Å². The van der Waals surface area contributed by atoms with Gasteiger partial charge in [-0.3, -0.25) is 4.79 Å². The summed E-state index contributed by atoms with van der Waals surface area (Å²) in [4.78, 5) is 23.7. The van der Waals surface area contributed by atoms with Crippen LogP contribution in [0.25, 0.3) is 0 Å². The molecule has 0 amide bonds. The molecule has 1 unspecified atom stereocenters. The number of ether oxygens (including phenoxy) is 3. The second-order valence-corrected chi connectivity index (χ2v) is 7.72. The molecule has 170 valence electrons. The van der Waals surface area contributed by atoms with Crippen molar-refractivity contribution >= 4 is 11.9 Å². The fraction of sp³-hybridized carbons (Fsp3) is 0.667. The minimum atomic E-state index is -0.630. The maximum absolute atomic E-state index is 12.2. The Balaban J connectivity index is 2.68. The van der Waals surface area contributed by atoms with Crippen LogP contribution in [0.3, 0.4) is 0 Å². The van der Waals surface area contributed by atoms with Gasteiger partial charge in [-0.2, -0.15) is 0 Å². The Bertz CT molecular complexity index is 655. The first kappa shape index (κ1) is 25.8. The number of rotatable bonds is 15. The summed E-state index contributed by atoms with van der Waals surface area (Å²) >= 11 is 0. The molecule has 0 fully saturated rings. The highest BCUT2D eigenvalue weighted by molar-refractivity contribution is 5.94. The topological polar surface area (TPSA) is 82.1 Å². The normalized spacial score (nSPS) is 11.7. The molecule has 0 aliphatic carbocycles. The predicted molar refractivity (Wildman–Crippen MR) is 117 cm³/mol. The van der Waals surface area contributed by atoms with E-state index in [0.717, 1.165) is 12.8 Å². The quantitative estimate of drug-likeness (QED) is 0.293. The average Bonchev–Trinajstić information content (AvgIpc) is 2.71. The van der Waals surface area contributed by atoms with Crippen LogP contribution in [0.5, 0.6) is 11.5 Å². The number of esters is 2. The highest BCUT2D eigenvalue weighted by atomic mass is 16.5. The molecule has 0 radical (unpaired) electrons. The Kier molecular flexibility index (Phi) is 12.6. The van der Waals surface area contributed by atoms with Crippen molar-refractivity contribution in [2.24, 2.45) is 0 Å². The van der Waals surface area contributed by atoms with E-state index >= 15 is 0 Å². The zero-order valence-corrected chi connectivity index (χ0v) is 19.0. The van der Waals surface area contributed by atoms with Crippen molar-refractivity contribution in [3.05, 3.63) is 23.3 Å². The van der Waals surface area contributed by atoms with Crippen LogP contribution in [0.15, 0.2) is 12.1 Å². The second kappa shape index (κ2) is 14.7. The summed E-state index contributed by atoms with van der Waals surface area (Å²) in [5.41, 5.74) is 0.628. The molecule has 0 heterocycles. The molecule has 0 saturated heterocycles. The largest absolute Gasteiger partial charge is 0.507 e. The van der Waals surface area contributed by atoms with E-state index in [1.54, 1.807) is 6.07 Å². The molecule has 0 saturated carbocycles. The number of phenols is 1. The zero-order valence-electron chi connectivity index (χ0n) is 19.0. The third-order valence-electron chi connectivity index (χ3n) is 5.21. The highest BCUT2D eigenvalue weighted by Crippen LogP contribution is 2.30. The van der Waals surface area contributed by atoms with Gasteiger partial charge in [0.25, 0.3) is 0 Å². The van der Waals surface area contributed by atoms with Crippen LogP contribution < -0.4 is 4.74 Å². The van der Waals surface area contributed by atoms with E-state index in [1.165, 1.54) is 72.2 Å². The molecule has 0 aromatic heterocycles. The fourth-order valence-electron chi connectivity index (χ4n) is 3.64. The van der Waals surface area contributed by atoms with E-state index < -0.39 is 5.97 Å². The summed E-state index contributed by atoms with van der Waals surface area (Å²) in [5, 5.41) is 10.3. The van der Waals surface area contributed by atoms with Crippen LogP contribution in [-0.2, 0) is 20.7 Å². The number of unbranched alkanes of at least 4 members (excludes halogenated alkanes) is 8. The van der Waals surface area contributed by atoms with E-state index in [1.807, 2.05) is 0 Å². The van der Waals surface area contributed by atoms with E-state index in [9.17, 15) is 14.7 Å². The van der Waals surface area contributed by atoms with Crippen molar-refractivity contribution in [3.8, 4) is 11.5 Å². The van der Waals surface area contributed by atoms with Gasteiger partial charge in [-0.15, -0.1) is 0 Å². The lowest BCUT2D eigenvalue weighted by Crippen LogP contribution is -2.21. The maximum Gasteiger partial charge on any atom is 0.341 e. The van der Waals surface area contributed by atoms with Gasteiger partial charge in [0.1, 0.15) is 23.2 Å². The second-order valence-electron chi connectivity index (χ2n) is 7.72. The van der Waals surface area contributed by atoms with Crippen molar-refractivity contribution < 1.29 is 28.9 Å². The van der Waals surface area contributed by atoms with E-state index in [4.69, 9.17) is 14.2 Å². The Hall–Kier alpha value is -2.24. The summed E-state index contributed by atoms with van der Waals surface area (Å²) in [6, 6.07) is 3.05. The number of hydrogen-bond donors (Lipinski definition) is 1. The smallest absolute Gasteiger partial charge is 0.341 e. The number of hydrogen-bond acceptors (Lipinski definition) is 6. The summed E-state index contributed by atoms with van der Waals surface area (Å²) < 4.78 is 15.5. The van der Waals surface area contributed by atoms with Gasteiger partial charge in [0.15, 0.2) is 0 Å². The first-order chi connectivity index (χ1) is 14.4. The van der Waals surface area contributed by atoms with Crippen LogP contribution in [0, 0.1) is 0 Å². The van der Waals surface area contributed by atoms with Crippen molar-refractivity contribution in [2.75, 3.05) is 14.2 Å². The zero-order chi connectivity index (χ0) is 22.4.